The van der Waals surface area contributed by atoms with E-state index in [1.54, 1.807) is 16.7 Å². The van der Waals surface area contributed by atoms with Crippen molar-refractivity contribution in [1.82, 2.24) is 4.57 Å². The predicted molar refractivity (Wildman–Crippen MR) is 105 cm³/mol. The van der Waals surface area contributed by atoms with E-state index < -0.39 is 17.6 Å². The molecule has 1 heterocycles. The van der Waals surface area contributed by atoms with Gasteiger partial charge in [-0.05, 0) is 43.4 Å². The third-order valence-corrected chi connectivity index (χ3v) is 5.71. The van der Waals surface area contributed by atoms with E-state index in [-0.39, 0.29) is 18.1 Å². The topological polar surface area (TPSA) is 59.3 Å². The number of benzene rings is 2. The molecule has 1 N–H and O–H groups in total. The minimum atomic E-state index is -0.905. The lowest BCUT2D eigenvalue weighted by molar-refractivity contribution is -0.137. The van der Waals surface area contributed by atoms with Crippen LogP contribution in [-0.4, -0.2) is 21.4 Å². The van der Waals surface area contributed by atoms with E-state index in [2.05, 4.69) is 0 Å². The molecule has 1 aromatic heterocycles. The number of carbonyl (C=O) groups is 2. The molecule has 4 nitrogen and oxygen atoms in total. The first kappa shape index (κ1) is 19.3. The minimum absolute atomic E-state index is 0.0385. The van der Waals surface area contributed by atoms with Crippen LogP contribution in [0.15, 0.2) is 36.4 Å². The summed E-state index contributed by atoms with van der Waals surface area (Å²) in [4.78, 5) is 22.9. The van der Waals surface area contributed by atoms with Crippen LogP contribution in [0, 0.1) is 11.6 Å². The fourth-order valence-electron chi connectivity index (χ4n) is 4.48. The Morgan fingerprint density at radius 2 is 1.90 bits per heavy atom. The SMILES string of the molecule is CC(=O)c1ccc(Cn2c3c(c4cc(F)cc(F)c42)CCCC3CC(=O)O)cc1. The van der Waals surface area contributed by atoms with Crippen molar-refractivity contribution in [3.8, 4) is 0 Å². The number of nitrogens with zero attached hydrogens (tertiary/aromatic N) is 1. The van der Waals surface area contributed by atoms with Crippen LogP contribution in [0.3, 0.4) is 0 Å². The molecule has 0 amide bonds. The normalized spacial score (nSPS) is 16.0. The largest absolute Gasteiger partial charge is 0.481 e. The molecule has 3 aromatic rings. The first-order chi connectivity index (χ1) is 13.8. The number of carboxylic acids is 1. The highest BCUT2D eigenvalue weighted by atomic mass is 19.1. The monoisotopic (exact) mass is 397 g/mol. The molecule has 0 bridgehead atoms. The Bertz CT molecular complexity index is 1120. The molecule has 0 radical (unpaired) electrons. The number of rotatable bonds is 5. The highest BCUT2D eigenvalue weighted by Crippen LogP contribution is 2.41. The summed E-state index contributed by atoms with van der Waals surface area (Å²) in [5.74, 6) is -2.48. The van der Waals surface area contributed by atoms with Gasteiger partial charge >= 0.3 is 5.97 Å². The van der Waals surface area contributed by atoms with Gasteiger partial charge in [-0.3, -0.25) is 9.59 Å². The summed E-state index contributed by atoms with van der Waals surface area (Å²) in [6.45, 7) is 1.81. The van der Waals surface area contributed by atoms with Gasteiger partial charge in [-0.25, -0.2) is 8.78 Å². The van der Waals surface area contributed by atoms with Crippen LogP contribution in [0.1, 0.15) is 59.3 Å². The smallest absolute Gasteiger partial charge is 0.304 e. The number of aliphatic carboxylic acids is 1. The number of Topliss-reactive ketones (excluding diaryl/α,β-unsaturated/α-hetero) is 1. The molecular weight excluding hydrogens is 376 g/mol. The van der Waals surface area contributed by atoms with Gasteiger partial charge in [0, 0.05) is 35.2 Å². The quantitative estimate of drug-likeness (QED) is 0.612. The van der Waals surface area contributed by atoms with Crippen LogP contribution in [0.25, 0.3) is 10.9 Å². The Hall–Kier alpha value is -3.02. The summed E-state index contributed by atoms with van der Waals surface area (Å²) >= 11 is 0. The molecule has 1 aliphatic carbocycles. The average molecular weight is 397 g/mol. The van der Waals surface area contributed by atoms with Gasteiger partial charge in [-0.1, -0.05) is 24.3 Å². The molecule has 1 unspecified atom stereocenters. The van der Waals surface area contributed by atoms with Gasteiger partial charge in [0.25, 0.3) is 0 Å². The second kappa shape index (κ2) is 7.43. The van der Waals surface area contributed by atoms with Gasteiger partial charge in [0.05, 0.1) is 11.9 Å². The standard InChI is InChI=1S/C23H21F2NO3/c1-13(27)15-7-5-14(6-8-15)12-26-22-16(9-21(28)29)3-2-4-18(22)19-10-17(24)11-20(25)23(19)26/h5-8,10-11,16H,2-4,9,12H2,1H3,(H,28,29). The lowest BCUT2D eigenvalue weighted by Gasteiger charge is -2.24. The molecule has 0 saturated carbocycles. The van der Waals surface area contributed by atoms with Crippen LogP contribution < -0.4 is 0 Å². The van der Waals surface area contributed by atoms with Gasteiger partial charge in [0.1, 0.15) is 11.6 Å². The second-order valence-electron chi connectivity index (χ2n) is 7.67. The van der Waals surface area contributed by atoms with Crippen LogP contribution >= 0.6 is 0 Å². The summed E-state index contributed by atoms with van der Waals surface area (Å²) in [7, 11) is 0. The summed E-state index contributed by atoms with van der Waals surface area (Å²) < 4.78 is 30.6. The third kappa shape index (κ3) is 3.55. The predicted octanol–water partition coefficient (Wildman–Crippen LogP) is 5.07. The van der Waals surface area contributed by atoms with Gasteiger partial charge in [0.2, 0.25) is 0 Å². The van der Waals surface area contributed by atoms with E-state index in [1.807, 2.05) is 12.1 Å². The molecule has 0 spiro atoms. The minimum Gasteiger partial charge on any atom is -0.481 e. The second-order valence-corrected chi connectivity index (χ2v) is 7.67. The molecule has 29 heavy (non-hydrogen) atoms. The number of fused-ring (bicyclic) bond motifs is 3. The molecule has 0 saturated heterocycles. The number of hydrogen-bond acceptors (Lipinski definition) is 2. The van der Waals surface area contributed by atoms with Crippen molar-refractivity contribution in [2.45, 2.75) is 45.1 Å². The molecular formula is C23H21F2NO3. The number of hydrogen-bond donors (Lipinski definition) is 1. The summed E-state index contributed by atoms with van der Waals surface area (Å²) in [5, 5.41) is 9.87. The van der Waals surface area contributed by atoms with E-state index >= 15 is 0 Å². The average Bonchev–Trinajstić information content (AvgIpc) is 2.96. The first-order valence-electron chi connectivity index (χ1n) is 9.67. The van der Waals surface area contributed by atoms with Crippen LogP contribution in [0.2, 0.25) is 0 Å². The lowest BCUT2D eigenvalue weighted by Crippen LogP contribution is -2.17. The summed E-state index contributed by atoms with van der Waals surface area (Å²) in [5.41, 5.74) is 3.39. The zero-order chi connectivity index (χ0) is 20.7. The van der Waals surface area contributed by atoms with Crippen LogP contribution in [0.5, 0.6) is 0 Å². The Labute approximate surface area is 166 Å². The molecule has 6 heteroatoms. The van der Waals surface area contributed by atoms with E-state index in [0.29, 0.717) is 35.9 Å². The number of aromatic nitrogens is 1. The zero-order valence-corrected chi connectivity index (χ0v) is 16.0. The van der Waals surface area contributed by atoms with Gasteiger partial charge < -0.3 is 9.67 Å². The van der Waals surface area contributed by atoms with Gasteiger partial charge in [-0.2, -0.15) is 0 Å². The molecule has 1 aliphatic rings. The van der Waals surface area contributed by atoms with E-state index in [1.165, 1.54) is 13.0 Å². The van der Waals surface area contributed by atoms with Crippen molar-refractivity contribution >= 4 is 22.7 Å². The van der Waals surface area contributed by atoms with Gasteiger partial charge in [0.15, 0.2) is 5.78 Å². The fraction of sp³-hybridized carbons (Fsp3) is 0.304. The summed E-state index contributed by atoms with van der Waals surface area (Å²) in [6, 6.07) is 9.28. The Morgan fingerprint density at radius 3 is 2.55 bits per heavy atom. The number of carbonyl (C=O) groups excluding carboxylic acids is 1. The number of carboxylic acid groups (broad SMARTS) is 1. The number of aryl methyl sites for hydroxylation is 1. The van der Waals surface area contributed by atoms with Crippen molar-refractivity contribution < 1.29 is 23.5 Å². The summed E-state index contributed by atoms with van der Waals surface area (Å²) in [6.07, 6.45) is 2.11. The van der Waals surface area contributed by atoms with Crippen LogP contribution in [0.4, 0.5) is 8.78 Å². The van der Waals surface area contributed by atoms with E-state index in [9.17, 15) is 23.5 Å². The number of halogens is 2. The maximum atomic E-state index is 14.8. The molecule has 2 aromatic carbocycles. The maximum Gasteiger partial charge on any atom is 0.304 e. The third-order valence-electron chi connectivity index (χ3n) is 5.71. The molecule has 150 valence electrons. The number of ketones is 1. The van der Waals surface area contributed by atoms with E-state index in [0.717, 1.165) is 29.3 Å². The molecule has 0 fully saturated rings. The maximum absolute atomic E-state index is 14.8. The van der Waals surface area contributed by atoms with Crippen molar-refractivity contribution in [3.05, 3.63) is 70.4 Å². The zero-order valence-electron chi connectivity index (χ0n) is 16.0. The Morgan fingerprint density at radius 1 is 1.17 bits per heavy atom. The van der Waals surface area contributed by atoms with Gasteiger partial charge in [-0.15, -0.1) is 0 Å². The fourth-order valence-corrected chi connectivity index (χ4v) is 4.48. The van der Waals surface area contributed by atoms with E-state index in [4.69, 9.17) is 0 Å². The van der Waals surface area contributed by atoms with Crippen molar-refractivity contribution in [1.29, 1.82) is 0 Å². The van der Waals surface area contributed by atoms with Crippen molar-refractivity contribution in [3.63, 3.8) is 0 Å². The highest BCUT2D eigenvalue weighted by Gasteiger charge is 2.30. The molecule has 4 rings (SSSR count). The molecule has 0 aliphatic heterocycles. The highest BCUT2D eigenvalue weighted by molar-refractivity contribution is 5.94. The Kier molecular flexibility index (Phi) is 4.94. The van der Waals surface area contributed by atoms with Crippen molar-refractivity contribution in [2.24, 2.45) is 0 Å². The first-order valence-corrected chi connectivity index (χ1v) is 9.67. The van der Waals surface area contributed by atoms with Crippen molar-refractivity contribution in [2.75, 3.05) is 0 Å². The lowest BCUT2D eigenvalue weighted by atomic mass is 9.84. The molecule has 1 atom stereocenters. The Balaban J connectivity index is 1.89. The van der Waals surface area contributed by atoms with Crippen LogP contribution in [-0.2, 0) is 17.8 Å².